The first-order chi connectivity index (χ1) is 8.11. The van der Waals surface area contributed by atoms with Gasteiger partial charge in [-0.2, -0.15) is 0 Å². The van der Waals surface area contributed by atoms with Gasteiger partial charge in [-0.3, -0.25) is 4.79 Å². The number of halogens is 1. The normalized spacial score (nSPS) is 9.71. The third-order valence-electron chi connectivity index (χ3n) is 2.32. The topological polar surface area (TPSA) is 46.3 Å². The summed E-state index contributed by atoms with van der Waals surface area (Å²) >= 11 is 5.99. The molecule has 0 aromatic heterocycles. The van der Waals surface area contributed by atoms with Gasteiger partial charge < -0.3 is 10.6 Å². The van der Waals surface area contributed by atoms with E-state index in [0.717, 1.165) is 6.42 Å². The van der Waals surface area contributed by atoms with Gasteiger partial charge in [-0.05, 0) is 18.6 Å². The van der Waals surface area contributed by atoms with Crippen molar-refractivity contribution in [2.24, 2.45) is 0 Å². The molecule has 0 aliphatic carbocycles. The number of rotatable bonds is 4. The Kier molecular flexibility index (Phi) is 4.86. The molecule has 0 aliphatic rings. The van der Waals surface area contributed by atoms with Crippen LogP contribution in [0.25, 0.3) is 0 Å². The van der Waals surface area contributed by atoms with Crippen molar-refractivity contribution in [3.05, 3.63) is 28.8 Å². The molecular formula is C13H15ClN2O. The molecule has 0 aliphatic heterocycles. The van der Waals surface area contributed by atoms with Crippen molar-refractivity contribution in [1.29, 1.82) is 0 Å². The predicted octanol–water partition coefficient (Wildman–Crippen LogP) is 2.41. The number of nitrogen functional groups attached to an aromatic ring is 1. The highest BCUT2D eigenvalue weighted by Gasteiger charge is 2.19. The zero-order valence-corrected chi connectivity index (χ0v) is 10.5. The SMILES string of the molecule is C#CCN(CCC)C(=O)c1c(N)cccc1Cl. The van der Waals surface area contributed by atoms with E-state index in [1.807, 2.05) is 6.92 Å². The molecule has 0 heterocycles. The van der Waals surface area contributed by atoms with E-state index < -0.39 is 0 Å². The lowest BCUT2D eigenvalue weighted by Crippen LogP contribution is -2.32. The third kappa shape index (κ3) is 3.15. The van der Waals surface area contributed by atoms with Gasteiger partial charge in [0.1, 0.15) is 0 Å². The number of benzene rings is 1. The molecular weight excluding hydrogens is 236 g/mol. The zero-order chi connectivity index (χ0) is 12.8. The van der Waals surface area contributed by atoms with Crippen LogP contribution in [-0.4, -0.2) is 23.9 Å². The molecule has 0 atom stereocenters. The number of hydrogen-bond donors (Lipinski definition) is 1. The van der Waals surface area contributed by atoms with Crippen LogP contribution in [0.2, 0.25) is 5.02 Å². The number of carbonyl (C=O) groups excluding carboxylic acids is 1. The molecule has 1 rings (SSSR count). The molecule has 3 nitrogen and oxygen atoms in total. The lowest BCUT2D eigenvalue weighted by molar-refractivity contribution is 0.0778. The van der Waals surface area contributed by atoms with Crippen molar-refractivity contribution in [3.8, 4) is 12.3 Å². The Balaban J connectivity index is 3.05. The summed E-state index contributed by atoms with van der Waals surface area (Å²) in [6.07, 6.45) is 6.07. The van der Waals surface area contributed by atoms with Crippen LogP contribution < -0.4 is 5.73 Å². The Morgan fingerprint density at radius 1 is 1.59 bits per heavy atom. The van der Waals surface area contributed by atoms with Gasteiger partial charge in [-0.15, -0.1) is 6.42 Å². The molecule has 0 bridgehead atoms. The smallest absolute Gasteiger partial charge is 0.258 e. The minimum Gasteiger partial charge on any atom is -0.398 e. The molecule has 17 heavy (non-hydrogen) atoms. The minimum atomic E-state index is -0.215. The second-order valence-electron chi connectivity index (χ2n) is 3.63. The largest absolute Gasteiger partial charge is 0.398 e. The van der Waals surface area contributed by atoms with Crippen molar-refractivity contribution < 1.29 is 4.79 Å². The van der Waals surface area contributed by atoms with E-state index in [1.54, 1.807) is 23.1 Å². The van der Waals surface area contributed by atoms with Gasteiger partial charge in [0.25, 0.3) is 5.91 Å². The average Bonchev–Trinajstić information content (AvgIpc) is 2.28. The molecule has 1 aromatic carbocycles. The van der Waals surface area contributed by atoms with Crippen LogP contribution in [0.1, 0.15) is 23.7 Å². The number of hydrogen-bond acceptors (Lipinski definition) is 2. The van der Waals surface area contributed by atoms with E-state index in [9.17, 15) is 4.79 Å². The van der Waals surface area contributed by atoms with Crippen molar-refractivity contribution in [2.75, 3.05) is 18.8 Å². The van der Waals surface area contributed by atoms with Crippen LogP contribution >= 0.6 is 11.6 Å². The van der Waals surface area contributed by atoms with E-state index in [0.29, 0.717) is 22.8 Å². The Morgan fingerprint density at radius 2 is 2.29 bits per heavy atom. The van der Waals surface area contributed by atoms with Crippen molar-refractivity contribution in [2.45, 2.75) is 13.3 Å². The van der Waals surface area contributed by atoms with E-state index in [2.05, 4.69) is 5.92 Å². The first-order valence-corrected chi connectivity index (χ1v) is 5.76. The van der Waals surface area contributed by atoms with Gasteiger partial charge in [0.2, 0.25) is 0 Å². The summed E-state index contributed by atoms with van der Waals surface area (Å²) in [5.41, 5.74) is 6.48. The first kappa shape index (κ1) is 13.4. The number of nitrogens with zero attached hydrogens (tertiary/aromatic N) is 1. The summed E-state index contributed by atoms with van der Waals surface area (Å²) in [6.45, 7) is 2.83. The van der Waals surface area contributed by atoms with Crippen molar-refractivity contribution >= 4 is 23.2 Å². The Hall–Kier alpha value is -1.66. The highest BCUT2D eigenvalue weighted by Crippen LogP contribution is 2.23. The fourth-order valence-corrected chi connectivity index (χ4v) is 1.82. The van der Waals surface area contributed by atoms with Crippen LogP contribution in [0.15, 0.2) is 18.2 Å². The van der Waals surface area contributed by atoms with Gasteiger partial charge in [0.05, 0.1) is 17.1 Å². The minimum absolute atomic E-state index is 0.215. The summed E-state index contributed by atoms with van der Waals surface area (Å²) in [7, 11) is 0. The summed E-state index contributed by atoms with van der Waals surface area (Å²) in [5.74, 6) is 2.25. The third-order valence-corrected chi connectivity index (χ3v) is 2.64. The fraction of sp³-hybridized carbons (Fsp3) is 0.308. The van der Waals surface area contributed by atoms with Crippen LogP contribution in [-0.2, 0) is 0 Å². The second-order valence-corrected chi connectivity index (χ2v) is 4.04. The lowest BCUT2D eigenvalue weighted by atomic mass is 10.1. The summed E-state index contributed by atoms with van der Waals surface area (Å²) in [5, 5.41) is 0.355. The van der Waals surface area contributed by atoms with Gasteiger partial charge in [-0.1, -0.05) is 30.5 Å². The Labute approximate surface area is 107 Å². The van der Waals surface area contributed by atoms with Crippen LogP contribution in [0.4, 0.5) is 5.69 Å². The molecule has 1 amide bonds. The Bertz CT molecular complexity index is 431. The Morgan fingerprint density at radius 3 is 2.82 bits per heavy atom. The van der Waals surface area contributed by atoms with Crippen LogP contribution in [0, 0.1) is 12.3 Å². The molecule has 0 radical (unpaired) electrons. The van der Waals surface area contributed by atoms with Gasteiger partial charge in [0, 0.05) is 12.2 Å². The molecule has 1 aromatic rings. The van der Waals surface area contributed by atoms with Gasteiger partial charge >= 0.3 is 0 Å². The first-order valence-electron chi connectivity index (χ1n) is 5.38. The zero-order valence-electron chi connectivity index (χ0n) is 9.74. The highest BCUT2D eigenvalue weighted by atomic mass is 35.5. The molecule has 4 heteroatoms. The lowest BCUT2D eigenvalue weighted by Gasteiger charge is -2.20. The molecule has 0 spiro atoms. The summed E-state index contributed by atoms with van der Waals surface area (Å²) in [4.78, 5) is 13.8. The number of amides is 1. The molecule has 0 unspecified atom stereocenters. The maximum absolute atomic E-state index is 12.2. The molecule has 0 fully saturated rings. The van der Waals surface area contributed by atoms with E-state index in [-0.39, 0.29) is 12.5 Å². The van der Waals surface area contributed by atoms with Crippen molar-refractivity contribution in [3.63, 3.8) is 0 Å². The monoisotopic (exact) mass is 250 g/mol. The van der Waals surface area contributed by atoms with E-state index in [1.165, 1.54) is 0 Å². The van der Waals surface area contributed by atoms with Crippen LogP contribution in [0.3, 0.4) is 0 Å². The maximum atomic E-state index is 12.2. The highest BCUT2D eigenvalue weighted by molar-refractivity contribution is 6.34. The molecule has 0 saturated carbocycles. The molecule has 0 saturated heterocycles. The van der Waals surface area contributed by atoms with Gasteiger partial charge in [0.15, 0.2) is 0 Å². The average molecular weight is 251 g/mol. The van der Waals surface area contributed by atoms with E-state index >= 15 is 0 Å². The number of carbonyl (C=O) groups is 1. The second kappa shape index (κ2) is 6.17. The fourth-order valence-electron chi connectivity index (χ4n) is 1.56. The maximum Gasteiger partial charge on any atom is 0.258 e. The predicted molar refractivity (Wildman–Crippen MR) is 70.9 cm³/mol. The van der Waals surface area contributed by atoms with Crippen molar-refractivity contribution in [1.82, 2.24) is 4.90 Å². The number of nitrogens with two attached hydrogens (primary N) is 1. The molecule has 90 valence electrons. The summed E-state index contributed by atoms with van der Waals surface area (Å²) < 4.78 is 0. The van der Waals surface area contributed by atoms with Crippen LogP contribution in [0.5, 0.6) is 0 Å². The van der Waals surface area contributed by atoms with Gasteiger partial charge in [-0.25, -0.2) is 0 Å². The van der Waals surface area contributed by atoms with E-state index in [4.69, 9.17) is 23.8 Å². The molecule has 2 N–H and O–H groups in total. The quantitative estimate of drug-likeness (QED) is 0.659. The standard InChI is InChI=1S/C13H15ClN2O/c1-3-8-16(9-4-2)13(17)12-10(14)6-5-7-11(12)15/h1,5-7H,4,8-9,15H2,2H3. The number of terminal acetylenes is 1. The number of anilines is 1. The summed E-state index contributed by atoms with van der Waals surface area (Å²) in [6, 6.07) is 5.00.